The minimum absolute atomic E-state index is 0.409. The Kier molecular flexibility index (Phi) is 6.04. The number of hydrogen-bond acceptors (Lipinski definition) is 2. The van der Waals surface area contributed by atoms with Crippen LogP contribution >= 0.6 is 0 Å². The van der Waals surface area contributed by atoms with Crippen LogP contribution in [0.1, 0.15) is 12.5 Å². The van der Waals surface area contributed by atoms with Crippen molar-refractivity contribution in [3.8, 4) is 0 Å². The molecule has 0 saturated carbocycles. The van der Waals surface area contributed by atoms with E-state index in [-0.39, 0.29) is 0 Å². The highest BCUT2D eigenvalue weighted by atomic mass is 32.2. The van der Waals surface area contributed by atoms with Gasteiger partial charge in [-0.3, -0.25) is 0 Å². The van der Waals surface area contributed by atoms with E-state index in [1.807, 2.05) is 0 Å². The lowest BCUT2D eigenvalue weighted by Gasteiger charge is -1.98. The van der Waals surface area contributed by atoms with Crippen molar-refractivity contribution in [1.29, 1.82) is 0 Å². The maximum absolute atomic E-state index is 8.89. The van der Waals surface area contributed by atoms with E-state index < -0.39 is 5.97 Å². The second-order valence-corrected chi connectivity index (χ2v) is 5.15. The molecule has 0 aliphatic carbocycles. The molecule has 1 rings (SSSR count). The second kappa shape index (κ2) is 6.49. The quantitative estimate of drug-likeness (QED) is 0.651. The van der Waals surface area contributed by atoms with Crippen LogP contribution in [0, 0.1) is 6.92 Å². The van der Waals surface area contributed by atoms with Crippen LogP contribution in [-0.4, -0.2) is 18.5 Å². The summed E-state index contributed by atoms with van der Waals surface area (Å²) in [6, 6.07) is 8.57. The van der Waals surface area contributed by atoms with E-state index in [0.717, 1.165) is 6.92 Å². The Morgan fingerprint density at radius 2 is 1.71 bits per heavy atom. The Balaban J connectivity index is 0.000000364. The highest BCUT2D eigenvalue weighted by molar-refractivity contribution is 7.95. The summed E-state index contributed by atoms with van der Waals surface area (Å²) in [5.74, 6) is -1.08. The van der Waals surface area contributed by atoms with Crippen molar-refractivity contribution in [3.63, 3.8) is 0 Å². The van der Waals surface area contributed by atoms with Gasteiger partial charge in [0.2, 0.25) is 0 Å². The molecule has 1 aromatic carbocycles. The summed E-state index contributed by atoms with van der Waals surface area (Å²) in [5.41, 5.74) is 1.41. The van der Waals surface area contributed by atoms with E-state index in [1.54, 1.807) is 0 Å². The first-order valence-corrected chi connectivity index (χ1v) is 6.30. The normalized spacial score (nSPS) is 9.21. The van der Waals surface area contributed by atoms with Crippen LogP contribution in [0.5, 0.6) is 0 Å². The molecule has 0 fully saturated rings. The van der Waals surface area contributed by atoms with Gasteiger partial charge in [0.05, 0.1) is 0 Å². The fourth-order valence-corrected chi connectivity index (χ4v) is 2.08. The van der Waals surface area contributed by atoms with Crippen molar-refractivity contribution in [1.82, 2.24) is 0 Å². The molecule has 1 aromatic rings. The lowest BCUT2D eigenvalue weighted by atomic mass is 10.2. The summed E-state index contributed by atoms with van der Waals surface area (Å²) in [6.07, 6.45) is 4.50. The third-order valence-corrected chi connectivity index (χ3v) is 2.87. The molecule has 0 saturated heterocycles. The number of carbonyl (C=O) groups is 1. The second-order valence-electron chi connectivity index (χ2n) is 3.07. The summed E-state index contributed by atoms with van der Waals surface area (Å²) in [6.45, 7) is 3.14. The first-order chi connectivity index (χ1) is 6.45. The van der Waals surface area contributed by atoms with Crippen LogP contribution in [0.3, 0.4) is 0 Å². The largest absolute Gasteiger partial charge is 0.550 e. The van der Waals surface area contributed by atoms with Crippen molar-refractivity contribution in [2.45, 2.75) is 18.7 Å². The van der Waals surface area contributed by atoms with Crippen LogP contribution in [0.2, 0.25) is 0 Å². The molecule has 0 amide bonds. The number of aryl methyl sites for hydroxylation is 1. The van der Waals surface area contributed by atoms with Crippen molar-refractivity contribution < 1.29 is 9.90 Å². The number of rotatable bonds is 1. The predicted octanol–water partition coefficient (Wildman–Crippen LogP) is 0.988. The molecular formula is C11H16O2S. The van der Waals surface area contributed by atoms with Crippen LogP contribution < -0.4 is 5.11 Å². The van der Waals surface area contributed by atoms with Gasteiger partial charge in [0.1, 0.15) is 12.5 Å². The molecule has 14 heavy (non-hydrogen) atoms. The van der Waals surface area contributed by atoms with Gasteiger partial charge in [0.15, 0.2) is 4.90 Å². The highest BCUT2D eigenvalue weighted by Crippen LogP contribution is 2.13. The van der Waals surface area contributed by atoms with Crippen LogP contribution in [-0.2, 0) is 15.7 Å². The lowest BCUT2D eigenvalue weighted by Crippen LogP contribution is -2.16. The van der Waals surface area contributed by atoms with E-state index >= 15 is 0 Å². The minimum Gasteiger partial charge on any atom is -0.550 e. The summed E-state index contributed by atoms with van der Waals surface area (Å²) in [4.78, 5) is 10.4. The molecular weight excluding hydrogens is 196 g/mol. The summed E-state index contributed by atoms with van der Waals surface area (Å²) in [7, 11) is 0.409. The summed E-state index contributed by atoms with van der Waals surface area (Å²) in [5, 5.41) is 8.89. The van der Waals surface area contributed by atoms with Gasteiger partial charge in [-0.05, 0) is 19.9 Å². The Labute approximate surface area is 88.3 Å². The molecule has 0 heterocycles. The average Bonchev–Trinajstić information content (AvgIpc) is 2.03. The van der Waals surface area contributed by atoms with Gasteiger partial charge in [-0.2, -0.15) is 0 Å². The van der Waals surface area contributed by atoms with Gasteiger partial charge in [-0.25, -0.2) is 0 Å². The fraction of sp³-hybridized carbons (Fsp3) is 0.364. The van der Waals surface area contributed by atoms with Gasteiger partial charge >= 0.3 is 0 Å². The number of carbonyl (C=O) groups excluding carboxylic acids is 1. The zero-order valence-electron chi connectivity index (χ0n) is 9.03. The molecule has 0 N–H and O–H groups in total. The smallest absolute Gasteiger partial charge is 0.157 e. The van der Waals surface area contributed by atoms with Crippen LogP contribution in [0.4, 0.5) is 0 Å². The van der Waals surface area contributed by atoms with Crippen molar-refractivity contribution in [2.75, 3.05) is 12.5 Å². The molecule has 0 unspecified atom stereocenters. The Hall–Kier alpha value is -0.960. The summed E-state index contributed by atoms with van der Waals surface area (Å²) >= 11 is 0. The van der Waals surface area contributed by atoms with Gasteiger partial charge in [-0.15, -0.1) is 0 Å². The SMILES string of the molecule is CC(=O)[O-].Cc1ccccc1[S+](C)C. The van der Waals surface area contributed by atoms with Gasteiger partial charge < -0.3 is 9.90 Å². The zero-order chi connectivity index (χ0) is 11.1. The highest BCUT2D eigenvalue weighted by Gasteiger charge is 2.09. The standard InChI is InChI=1S/C9H13S.C2H4O2/c1-8-6-4-5-7-9(8)10(2)3;1-2(3)4/h4-7H,1-3H3;1H3,(H,3,4)/q+1;/p-1. The average molecular weight is 212 g/mol. The van der Waals surface area contributed by atoms with Crippen molar-refractivity contribution >= 4 is 16.9 Å². The number of carboxylic acids is 1. The Morgan fingerprint density at radius 1 is 1.29 bits per heavy atom. The van der Waals surface area contributed by atoms with E-state index in [0.29, 0.717) is 10.9 Å². The molecule has 0 aliphatic rings. The third-order valence-electron chi connectivity index (χ3n) is 1.53. The van der Waals surface area contributed by atoms with Crippen molar-refractivity contribution in [2.24, 2.45) is 0 Å². The molecule has 0 bridgehead atoms. The molecule has 2 nitrogen and oxygen atoms in total. The van der Waals surface area contributed by atoms with Gasteiger partial charge in [-0.1, -0.05) is 18.2 Å². The lowest BCUT2D eigenvalue weighted by molar-refractivity contribution is -0.302. The molecule has 0 atom stereocenters. The molecule has 0 spiro atoms. The van der Waals surface area contributed by atoms with E-state index in [4.69, 9.17) is 9.90 Å². The van der Waals surface area contributed by atoms with E-state index in [1.165, 1.54) is 10.5 Å². The van der Waals surface area contributed by atoms with Crippen molar-refractivity contribution in [3.05, 3.63) is 29.8 Å². The predicted molar refractivity (Wildman–Crippen MR) is 59.3 cm³/mol. The van der Waals surface area contributed by atoms with E-state index in [2.05, 4.69) is 43.7 Å². The maximum atomic E-state index is 8.89. The number of hydrogen-bond donors (Lipinski definition) is 0. The Morgan fingerprint density at radius 3 is 2.00 bits per heavy atom. The first kappa shape index (κ1) is 13.0. The Bertz CT molecular complexity index is 291. The number of aliphatic carboxylic acids is 1. The number of benzene rings is 1. The summed E-state index contributed by atoms with van der Waals surface area (Å²) < 4.78 is 0. The molecule has 3 heteroatoms. The van der Waals surface area contributed by atoms with Crippen LogP contribution in [0.25, 0.3) is 0 Å². The van der Waals surface area contributed by atoms with Gasteiger partial charge in [0, 0.05) is 22.4 Å². The third kappa shape index (κ3) is 5.65. The monoisotopic (exact) mass is 212 g/mol. The topological polar surface area (TPSA) is 40.1 Å². The van der Waals surface area contributed by atoms with Crippen LogP contribution in [0.15, 0.2) is 29.2 Å². The molecule has 0 aliphatic heterocycles. The zero-order valence-corrected chi connectivity index (χ0v) is 9.85. The molecule has 0 aromatic heterocycles. The fourth-order valence-electron chi connectivity index (χ4n) is 1.01. The maximum Gasteiger partial charge on any atom is 0.157 e. The number of carboxylic acid groups (broad SMARTS) is 1. The van der Waals surface area contributed by atoms with E-state index in [9.17, 15) is 0 Å². The molecule has 0 radical (unpaired) electrons. The minimum atomic E-state index is -1.08. The van der Waals surface area contributed by atoms with Gasteiger partial charge in [0.25, 0.3) is 0 Å². The molecule has 78 valence electrons. The first-order valence-electron chi connectivity index (χ1n) is 4.26.